The third-order valence-corrected chi connectivity index (χ3v) is 6.30. The molecule has 1 aliphatic carbocycles. The first-order valence-corrected chi connectivity index (χ1v) is 10.1. The first-order valence-electron chi connectivity index (χ1n) is 7.83. The fourth-order valence-corrected chi connectivity index (χ4v) is 4.49. The molecule has 10 heteroatoms. The molecule has 0 atom stereocenters. The number of hydrogen-bond donors (Lipinski definition) is 1. The summed E-state index contributed by atoms with van der Waals surface area (Å²) in [5, 5.41) is 12.9. The van der Waals surface area contributed by atoms with Crippen LogP contribution in [0.2, 0.25) is 0 Å². The molecule has 0 radical (unpaired) electrons. The Morgan fingerprint density at radius 1 is 1.11 bits per heavy atom. The van der Waals surface area contributed by atoms with E-state index in [1.165, 1.54) is 12.1 Å². The van der Waals surface area contributed by atoms with E-state index in [9.17, 15) is 22.9 Å². The number of hydrogen-bond acceptors (Lipinski definition) is 7. The van der Waals surface area contributed by atoms with Crippen molar-refractivity contribution in [1.29, 1.82) is 0 Å². The van der Waals surface area contributed by atoms with E-state index in [-0.39, 0.29) is 55.8 Å². The molecule has 2 aliphatic rings. The van der Waals surface area contributed by atoms with Crippen molar-refractivity contribution in [2.45, 2.75) is 4.90 Å². The molecule has 1 N–H and O–H groups in total. The first-order chi connectivity index (χ1) is 12.7. The maximum Gasteiger partial charge on any atom is 1.00 e. The van der Waals surface area contributed by atoms with Crippen molar-refractivity contribution in [3.05, 3.63) is 46.6 Å². The van der Waals surface area contributed by atoms with Gasteiger partial charge in [0.2, 0.25) is 0 Å². The van der Waals surface area contributed by atoms with Crippen LogP contribution in [0.1, 0.15) is 0 Å². The fourth-order valence-electron chi connectivity index (χ4n) is 2.92. The van der Waals surface area contributed by atoms with Crippen LogP contribution in [0.4, 0.5) is 5.69 Å². The molecule has 1 aliphatic heterocycles. The second-order valence-corrected chi connectivity index (χ2v) is 8.75. The van der Waals surface area contributed by atoms with Gasteiger partial charge in [0.05, 0.1) is 25.7 Å². The van der Waals surface area contributed by atoms with Gasteiger partial charge in [0.1, 0.15) is 0 Å². The van der Waals surface area contributed by atoms with Gasteiger partial charge < -0.3 is 10.0 Å². The summed E-state index contributed by atoms with van der Waals surface area (Å²) in [7, 11) is -0.677. The summed E-state index contributed by atoms with van der Waals surface area (Å²) in [6, 6.07) is 9.04. The smallest absolute Gasteiger partial charge is 0.869 e. The van der Waals surface area contributed by atoms with Gasteiger partial charge in [-0.25, -0.2) is 4.98 Å². The third-order valence-electron chi connectivity index (χ3n) is 4.32. The van der Waals surface area contributed by atoms with Gasteiger partial charge in [-0.3, -0.25) is 9.35 Å². The van der Waals surface area contributed by atoms with Crippen LogP contribution in [0.5, 0.6) is 5.75 Å². The van der Waals surface area contributed by atoms with E-state index in [0.717, 1.165) is 27.8 Å². The summed E-state index contributed by atoms with van der Waals surface area (Å²) >= 11 is 1.14. The standard InChI is InChI=1S/C18H14N2O5S2.Na/c1-20(2)9-3-6-13-14(7-9)26-18-15(19-13)12-8-10(27(23,24)25)4-5-11(12)16(21)17(18)22;/h3-8,22H,1-2H3,(H,23,24,25);/q;+1/p-1. The van der Waals surface area contributed by atoms with Crippen molar-refractivity contribution in [2.75, 3.05) is 19.0 Å². The van der Waals surface area contributed by atoms with E-state index in [1.54, 1.807) is 6.07 Å². The third kappa shape index (κ3) is 3.38. The van der Waals surface area contributed by atoms with Crippen LogP contribution in [0.25, 0.3) is 31.6 Å². The Labute approximate surface area is 186 Å². The number of anilines is 1. The van der Waals surface area contributed by atoms with E-state index in [4.69, 9.17) is 0 Å². The molecule has 0 unspecified atom stereocenters. The van der Waals surface area contributed by atoms with Crippen LogP contribution in [-0.2, 0) is 10.1 Å². The maximum atomic E-state index is 12.6. The summed E-state index contributed by atoms with van der Waals surface area (Å²) in [6.07, 6.45) is 0. The summed E-state index contributed by atoms with van der Waals surface area (Å²) in [5.74, 6) is -0.674. The minimum absolute atomic E-state index is 0. The number of nitrogens with zero attached hydrogens (tertiary/aromatic N) is 2. The number of aromatic nitrogens is 1. The van der Waals surface area contributed by atoms with Crippen LogP contribution in [0.3, 0.4) is 0 Å². The molecular weight excluding hydrogens is 411 g/mol. The topological polar surface area (TPSA) is 111 Å². The molecule has 1 heterocycles. The van der Waals surface area contributed by atoms with Crippen molar-refractivity contribution >= 4 is 48.1 Å². The van der Waals surface area contributed by atoms with Crippen LogP contribution in [0, 0.1) is 0 Å². The average molecular weight is 424 g/mol. The SMILES string of the molecule is CN(C)c1ccc2nc3c4cc(S(=O)(=O)O)ccc4c(=O)c([O-])c-3sc2c1.[Na+]. The van der Waals surface area contributed by atoms with Gasteiger partial charge in [-0.15, -0.1) is 11.3 Å². The summed E-state index contributed by atoms with van der Waals surface area (Å²) in [5.41, 5.74) is 1.06. The van der Waals surface area contributed by atoms with Gasteiger partial charge in [0.25, 0.3) is 10.1 Å². The Balaban J connectivity index is 0.00000225. The second kappa shape index (κ2) is 7.25. The average Bonchev–Trinajstić information content (AvgIpc) is 2.63. The Morgan fingerprint density at radius 3 is 2.46 bits per heavy atom. The molecule has 138 valence electrons. The van der Waals surface area contributed by atoms with Crippen LogP contribution in [-0.4, -0.2) is 32.0 Å². The van der Waals surface area contributed by atoms with E-state index in [0.29, 0.717) is 5.52 Å². The van der Waals surface area contributed by atoms with Gasteiger partial charge in [0, 0.05) is 30.6 Å². The normalized spacial score (nSPS) is 11.7. The molecule has 2 aromatic carbocycles. The Bertz CT molecular complexity index is 1370. The zero-order chi connectivity index (χ0) is 19.5. The molecule has 0 amide bonds. The number of benzene rings is 3. The molecule has 0 bridgehead atoms. The molecule has 2 aromatic rings. The monoisotopic (exact) mass is 424 g/mol. The van der Waals surface area contributed by atoms with E-state index in [2.05, 4.69) is 4.98 Å². The zero-order valence-corrected chi connectivity index (χ0v) is 18.9. The molecule has 7 nitrogen and oxygen atoms in total. The predicted molar refractivity (Wildman–Crippen MR) is 104 cm³/mol. The Morgan fingerprint density at radius 2 is 1.82 bits per heavy atom. The Hall–Kier alpha value is -1.75. The van der Waals surface area contributed by atoms with Gasteiger partial charge in [-0.05, 0) is 42.1 Å². The minimum atomic E-state index is -4.45. The Kier molecular flexibility index (Phi) is 5.43. The van der Waals surface area contributed by atoms with Crippen molar-refractivity contribution in [3.8, 4) is 16.3 Å². The molecule has 0 saturated carbocycles. The van der Waals surface area contributed by atoms with Crippen molar-refractivity contribution in [1.82, 2.24) is 4.98 Å². The van der Waals surface area contributed by atoms with Crippen molar-refractivity contribution < 1.29 is 47.6 Å². The van der Waals surface area contributed by atoms with E-state index in [1.807, 2.05) is 31.1 Å². The second-order valence-electron chi connectivity index (χ2n) is 6.28. The van der Waals surface area contributed by atoms with Crippen LogP contribution < -0.4 is 45.0 Å². The van der Waals surface area contributed by atoms with Gasteiger partial charge >= 0.3 is 29.6 Å². The molecule has 0 aromatic heterocycles. The molecule has 0 saturated heterocycles. The zero-order valence-electron chi connectivity index (χ0n) is 15.3. The number of rotatable bonds is 2. The molecular formula is C18H13N2NaO5S2. The summed E-state index contributed by atoms with van der Waals surface area (Å²) < 4.78 is 33.0. The van der Waals surface area contributed by atoms with E-state index < -0.39 is 21.3 Å². The largest absolute Gasteiger partial charge is 1.00 e. The fraction of sp³-hybridized carbons (Fsp3) is 0.111. The van der Waals surface area contributed by atoms with Gasteiger partial charge in [-0.2, -0.15) is 8.42 Å². The first kappa shape index (κ1) is 21.0. The summed E-state index contributed by atoms with van der Waals surface area (Å²) in [4.78, 5) is 18.7. The molecule has 0 spiro atoms. The quantitative estimate of drug-likeness (QED) is 0.196. The van der Waals surface area contributed by atoms with Gasteiger partial charge in [0.15, 0.2) is 5.43 Å². The van der Waals surface area contributed by atoms with Crippen molar-refractivity contribution in [3.63, 3.8) is 0 Å². The maximum absolute atomic E-state index is 12.6. The van der Waals surface area contributed by atoms with Crippen LogP contribution >= 0.6 is 11.3 Å². The molecule has 28 heavy (non-hydrogen) atoms. The predicted octanol–water partition coefficient (Wildman–Crippen LogP) is -0.695. The molecule has 0 fully saturated rings. The molecule has 4 rings (SSSR count). The van der Waals surface area contributed by atoms with Crippen LogP contribution in [0.15, 0.2) is 46.1 Å². The minimum Gasteiger partial charge on any atom is -0.869 e. The van der Waals surface area contributed by atoms with E-state index >= 15 is 0 Å². The van der Waals surface area contributed by atoms with Crippen molar-refractivity contribution in [2.24, 2.45) is 0 Å². The van der Waals surface area contributed by atoms with Gasteiger partial charge in [-0.1, -0.05) is 0 Å². The number of fused-ring (bicyclic) bond motifs is 4. The summed E-state index contributed by atoms with van der Waals surface area (Å²) in [6.45, 7) is 0.